The average molecular weight is 521 g/mol. The van der Waals surface area contributed by atoms with Crippen molar-refractivity contribution >= 4 is 23.9 Å². The zero-order valence-corrected chi connectivity index (χ0v) is 20.3. The van der Waals surface area contributed by atoms with Gasteiger partial charge in [-0.1, -0.05) is 12.8 Å². The normalized spacial score (nSPS) is 25.3. The predicted molar refractivity (Wildman–Crippen MR) is 130 cm³/mol. The van der Waals surface area contributed by atoms with Crippen LogP contribution in [0.25, 0.3) is 0 Å². The van der Waals surface area contributed by atoms with E-state index in [1.165, 1.54) is 29.2 Å². The van der Waals surface area contributed by atoms with E-state index in [1.807, 2.05) is 0 Å². The maximum absolute atomic E-state index is 12.9. The Morgan fingerprint density at radius 2 is 1.76 bits per heavy atom. The quantitative estimate of drug-likeness (QED) is 0.142. The van der Waals surface area contributed by atoms with Gasteiger partial charge in [-0.15, -0.1) is 0 Å². The van der Waals surface area contributed by atoms with Gasteiger partial charge in [-0.05, 0) is 37.1 Å². The van der Waals surface area contributed by atoms with E-state index in [0.717, 1.165) is 19.3 Å². The summed E-state index contributed by atoms with van der Waals surface area (Å²) in [6.45, 7) is 0.960. The molecule has 3 aliphatic heterocycles. The molecule has 9 N–H and O–H groups in total. The van der Waals surface area contributed by atoms with Crippen LogP contribution in [0.5, 0.6) is 0 Å². The van der Waals surface area contributed by atoms with Crippen LogP contribution in [0.2, 0.25) is 0 Å². The third-order valence-corrected chi connectivity index (χ3v) is 6.94. The Bertz CT molecular complexity index is 1040. The third kappa shape index (κ3) is 5.39. The molecule has 37 heavy (non-hydrogen) atoms. The zero-order chi connectivity index (χ0) is 26.6. The number of benzene rings is 1. The number of amides is 2. The molecule has 0 radical (unpaired) electrons. The number of unbranched alkanes of at least 4 members (excludes halogenated alkanes) is 3. The van der Waals surface area contributed by atoms with Gasteiger partial charge < -0.3 is 46.4 Å². The van der Waals surface area contributed by atoms with Crippen molar-refractivity contribution in [1.82, 2.24) is 31.5 Å². The van der Waals surface area contributed by atoms with E-state index >= 15 is 0 Å². The molecule has 3 aliphatic rings. The van der Waals surface area contributed by atoms with E-state index < -0.39 is 35.4 Å². The van der Waals surface area contributed by atoms with E-state index in [1.54, 1.807) is 0 Å². The van der Waals surface area contributed by atoms with Crippen LogP contribution < -0.4 is 26.6 Å². The summed E-state index contributed by atoms with van der Waals surface area (Å²) >= 11 is 0. The number of alkyl carbamates (subject to hydrolysis) is 1. The SMILES string of the molecule is N=C1N[C@H]2C(COC(=O)NCCCCCCNC(=O)c3ccc(F)cc3)NC(=N)N3CCC(O)(O)[C@]23N1. The van der Waals surface area contributed by atoms with Gasteiger partial charge in [0.1, 0.15) is 12.4 Å². The molecule has 13 nitrogen and oxygen atoms in total. The van der Waals surface area contributed by atoms with Crippen LogP contribution in [0, 0.1) is 16.6 Å². The van der Waals surface area contributed by atoms with Gasteiger partial charge in [-0.2, -0.15) is 0 Å². The second-order valence-electron chi connectivity index (χ2n) is 9.41. The molecule has 202 valence electrons. The molecular weight excluding hydrogens is 487 g/mol. The van der Waals surface area contributed by atoms with Gasteiger partial charge in [0.05, 0.1) is 12.1 Å². The Balaban J connectivity index is 1.12. The summed E-state index contributed by atoms with van der Waals surface area (Å²) in [5, 5.41) is 51.5. The highest BCUT2D eigenvalue weighted by Gasteiger charge is 2.70. The number of aliphatic hydroxyl groups is 2. The monoisotopic (exact) mass is 520 g/mol. The van der Waals surface area contributed by atoms with Gasteiger partial charge >= 0.3 is 6.09 Å². The molecule has 0 aliphatic carbocycles. The molecule has 1 aromatic carbocycles. The molecule has 14 heteroatoms. The fourth-order valence-corrected chi connectivity index (χ4v) is 5.07. The average Bonchev–Trinajstić information content (AvgIpc) is 3.35. The molecule has 3 heterocycles. The van der Waals surface area contributed by atoms with E-state index in [4.69, 9.17) is 15.6 Å². The molecule has 0 aromatic heterocycles. The summed E-state index contributed by atoms with van der Waals surface area (Å²) in [4.78, 5) is 25.6. The van der Waals surface area contributed by atoms with E-state index in [9.17, 15) is 24.2 Å². The summed E-state index contributed by atoms with van der Waals surface area (Å²) in [5.74, 6) is -2.98. The predicted octanol–water partition coefficient (Wildman–Crippen LogP) is -0.672. The van der Waals surface area contributed by atoms with Crippen LogP contribution >= 0.6 is 0 Å². The number of nitrogens with one attached hydrogen (secondary N) is 7. The lowest BCUT2D eigenvalue weighted by Gasteiger charge is -2.51. The van der Waals surface area contributed by atoms with Crippen LogP contribution in [0.4, 0.5) is 9.18 Å². The highest BCUT2D eigenvalue weighted by molar-refractivity contribution is 5.94. The van der Waals surface area contributed by atoms with Crippen molar-refractivity contribution in [3.8, 4) is 0 Å². The summed E-state index contributed by atoms with van der Waals surface area (Å²) < 4.78 is 18.2. The minimum Gasteiger partial charge on any atom is -0.447 e. The van der Waals surface area contributed by atoms with Crippen molar-refractivity contribution in [3.63, 3.8) is 0 Å². The first-order valence-electron chi connectivity index (χ1n) is 12.3. The highest BCUT2D eigenvalue weighted by Crippen LogP contribution is 2.42. The number of guanidine groups is 2. The molecule has 4 rings (SSSR count). The summed E-state index contributed by atoms with van der Waals surface area (Å²) in [6.07, 6.45) is 2.52. The van der Waals surface area contributed by atoms with Gasteiger partial charge in [0.2, 0.25) is 5.79 Å². The number of rotatable bonds is 10. The Labute approximate surface area is 213 Å². The smallest absolute Gasteiger partial charge is 0.407 e. The Hall–Kier alpha value is -3.65. The molecular formula is C23H33FN8O5. The van der Waals surface area contributed by atoms with Crippen LogP contribution in [0.3, 0.4) is 0 Å². The summed E-state index contributed by atoms with van der Waals surface area (Å²) in [5.41, 5.74) is -1.10. The number of halogens is 1. The highest BCUT2D eigenvalue weighted by atomic mass is 19.1. The first kappa shape index (κ1) is 26.4. The van der Waals surface area contributed by atoms with E-state index in [-0.39, 0.29) is 37.4 Å². The van der Waals surface area contributed by atoms with Gasteiger partial charge in [0, 0.05) is 31.6 Å². The lowest BCUT2D eigenvalue weighted by molar-refractivity contribution is -0.223. The molecule has 1 unspecified atom stereocenters. The molecule has 1 spiro atoms. The van der Waals surface area contributed by atoms with Crippen molar-refractivity contribution in [1.29, 1.82) is 10.8 Å². The van der Waals surface area contributed by atoms with Crippen LogP contribution in [0.1, 0.15) is 42.5 Å². The molecule has 0 bridgehead atoms. The van der Waals surface area contributed by atoms with Crippen LogP contribution in [0.15, 0.2) is 24.3 Å². The van der Waals surface area contributed by atoms with Crippen molar-refractivity contribution < 1.29 is 28.9 Å². The fraction of sp³-hybridized carbons (Fsp3) is 0.565. The maximum atomic E-state index is 12.9. The molecule has 2 amide bonds. The Kier molecular flexibility index (Phi) is 7.68. The minimum absolute atomic E-state index is 0.00972. The van der Waals surface area contributed by atoms with Crippen molar-refractivity contribution in [3.05, 3.63) is 35.6 Å². The first-order chi connectivity index (χ1) is 17.6. The number of carbonyl (C=O) groups is 2. The van der Waals surface area contributed by atoms with Crippen LogP contribution in [-0.4, -0.2) is 88.8 Å². The molecule has 3 atom stereocenters. The van der Waals surface area contributed by atoms with Gasteiger partial charge in [-0.25, -0.2) is 9.18 Å². The minimum atomic E-state index is -2.19. The fourth-order valence-electron chi connectivity index (χ4n) is 5.07. The second-order valence-corrected chi connectivity index (χ2v) is 9.41. The van der Waals surface area contributed by atoms with Gasteiger partial charge in [-0.3, -0.25) is 15.6 Å². The van der Waals surface area contributed by atoms with Crippen molar-refractivity contribution in [2.75, 3.05) is 26.2 Å². The number of hydrogen-bond donors (Lipinski definition) is 9. The molecule has 3 saturated heterocycles. The van der Waals surface area contributed by atoms with E-state index in [2.05, 4.69) is 26.6 Å². The molecule has 0 saturated carbocycles. The summed E-state index contributed by atoms with van der Waals surface area (Å²) in [6, 6.07) is 3.95. The molecule has 1 aromatic rings. The first-order valence-corrected chi connectivity index (χ1v) is 12.3. The number of ether oxygens (including phenoxy) is 1. The van der Waals surface area contributed by atoms with Crippen LogP contribution in [-0.2, 0) is 4.74 Å². The van der Waals surface area contributed by atoms with Gasteiger partial charge in [0.25, 0.3) is 5.91 Å². The maximum Gasteiger partial charge on any atom is 0.407 e. The Morgan fingerprint density at radius 3 is 2.46 bits per heavy atom. The topological polar surface area (TPSA) is 195 Å². The number of hydrogen-bond acceptors (Lipinski definition) is 7. The number of nitrogens with zero attached hydrogens (tertiary/aromatic N) is 1. The molecule has 3 fully saturated rings. The van der Waals surface area contributed by atoms with E-state index in [0.29, 0.717) is 25.1 Å². The lowest BCUT2D eigenvalue weighted by atomic mass is 9.86. The zero-order valence-electron chi connectivity index (χ0n) is 20.3. The largest absolute Gasteiger partial charge is 0.447 e. The Morgan fingerprint density at radius 1 is 1.08 bits per heavy atom. The third-order valence-electron chi connectivity index (χ3n) is 6.94. The van der Waals surface area contributed by atoms with Crippen molar-refractivity contribution in [2.24, 2.45) is 0 Å². The summed E-state index contributed by atoms with van der Waals surface area (Å²) in [7, 11) is 0. The van der Waals surface area contributed by atoms with Crippen molar-refractivity contribution in [2.45, 2.75) is 55.6 Å². The lowest BCUT2D eigenvalue weighted by Crippen LogP contribution is -2.80. The number of carbonyl (C=O) groups excluding carboxylic acids is 2. The second kappa shape index (κ2) is 10.8. The van der Waals surface area contributed by atoms with Gasteiger partial charge in [0.15, 0.2) is 17.6 Å². The standard InChI is InChI=1S/C23H33FN8O5/c24-15-7-5-14(6-8-15)18(33)27-10-3-1-2-4-11-28-21(34)37-13-16-17-23(31-19(25)30-17)22(35,36)9-12-32(23)20(26)29-16/h5-8,16-17,35-36H,1-4,9-13H2,(H2,26,29)(H,27,33)(H,28,34)(H3,25,30,31)/t16?,17-,23-/m0/s1.